The number of ether oxygens (including phenoxy) is 2. The van der Waals surface area contributed by atoms with Gasteiger partial charge in [0.1, 0.15) is 42.0 Å². The summed E-state index contributed by atoms with van der Waals surface area (Å²) in [6, 6.07) is 14.3. The van der Waals surface area contributed by atoms with Gasteiger partial charge in [-0.25, -0.2) is 0 Å². The molecule has 5 fully saturated rings. The number of hydrogen-bond acceptors (Lipinski definition) is 26. The summed E-state index contributed by atoms with van der Waals surface area (Å²) in [5, 5.41) is 114. The second kappa shape index (κ2) is 37.4. The quantitative estimate of drug-likeness (QED) is 0.0343. The van der Waals surface area contributed by atoms with E-state index in [4.69, 9.17) is 9.47 Å². The first-order chi connectivity index (χ1) is 50.1. The standard InChI is InChI=1S/C71H101N11O22S/c1-41-37-82-63(64(41)91)69(96)73-36-51(86)34-54(74-65(92)46-7-11-48(12-8-46)79-26-28-80(29-27-79)50-15-13-49(14-16-50)78-24-21-45(22-25-78)44-9-17-53(18-10-44)103-31-5-4-30-102-3)66(93)75-60(42(2)85)70(97)81-38-52(87)35-55(81)67(94)76-61(58(90)32-43-6-19-56(88)59(33-43)104-105(99,100)101)68(95)77-62(71(82)98)57(89)20-23-72-47(39-83)40-84/h6-19,33,41-42,45,47,51-52,54-55,57-58,60-64,72,83-91,99-101H,4-5,20-32,34-40H2,1-3H3,(H,73,96)(H,74,92)(H,75,93)(H,76,94)(H,77,95)/t41-,42+,51+,52+,54?,55-,57+,58+,60-,61-,62-,63-,64-/m0/s1. The van der Waals surface area contributed by atoms with Gasteiger partial charge in [-0.2, -0.15) is 0 Å². The minimum absolute atomic E-state index is 0.0592. The lowest BCUT2D eigenvalue weighted by atomic mass is 9.89. The van der Waals surface area contributed by atoms with Crippen LogP contribution in [0.15, 0.2) is 91.0 Å². The number of fused-ring (bicyclic) bond motifs is 2. The van der Waals surface area contributed by atoms with Crippen molar-refractivity contribution in [2.45, 2.75) is 150 Å². The fraction of sp³-hybridized carbons (Fsp3) is 0.563. The van der Waals surface area contributed by atoms with Crippen molar-refractivity contribution in [2.24, 2.45) is 5.92 Å². The number of benzene rings is 4. The number of anilines is 3. The molecular weight excluding hydrogens is 1390 g/mol. The number of amides is 7. The zero-order valence-electron chi connectivity index (χ0n) is 59.0. The van der Waals surface area contributed by atoms with Gasteiger partial charge in [0.2, 0.25) is 35.4 Å². The fourth-order valence-corrected chi connectivity index (χ4v) is 14.3. The van der Waals surface area contributed by atoms with Crippen LogP contribution >= 0.6 is 11.2 Å². The van der Waals surface area contributed by atoms with Gasteiger partial charge in [-0.3, -0.25) is 47.2 Å². The smallest absolute Gasteiger partial charge is 0.266 e. The van der Waals surface area contributed by atoms with E-state index in [9.17, 15) is 88.4 Å². The lowest BCUT2D eigenvalue weighted by molar-refractivity contribution is -0.147. The highest BCUT2D eigenvalue weighted by molar-refractivity contribution is 8.15. The van der Waals surface area contributed by atoms with Crippen LogP contribution < -0.4 is 55.5 Å². The van der Waals surface area contributed by atoms with Crippen LogP contribution in [0.2, 0.25) is 0 Å². The van der Waals surface area contributed by atoms with Crippen molar-refractivity contribution in [1.82, 2.24) is 41.7 Å². The summed E-state index contributed by atoms with van der Waals surface area (Å²) in [7, 11) is 1.70. The van der Waals surface area contributed by atoms with Crippen LogP contribution in [-0.4, -0.2) is 289 Å². The lowest BCUT2D eigenvalue weighted by Crippen LogP contribution is -2.64. The zero-order chi connectivity index (χ0) is 75.8. The van der Waals surface area contributed by atoms with Crippen LogP contribution in [-0.2, 0) is 39.9 Å². The third-order valence-corrected chi connectivity index (χ3v) is 20.3. The Bertz CT molecular complexity index is 3550. The molecule has 34 heteroatoms. The van der Waals surface area contributed by atoms with Crippen molar-refractivity contribution < 1.29 is 107 Å². The first-order valence-electron chi connectivity index (χ1n) is 35.5. The van der Waals surface area contributed by atoms with Crippen molar-refractivity contribution in [3.8, 4) is 17.2 Å². The normalized spacial score (nSPS) is 25.5. The Morgan fingerprint density at radius 2 is 1.24 bits per heavy atom. The minimum Gasteiger partial charge on any atom is -0.504 e. The van der Waals surface area contributed by atoms with E-state index in [-0.39, 0.29) is 24.2 Å². The highest BCUT2D eigenvalue weighted by atomic mass is 32.3. The molecule has 5 aliphatic heterocycles. The van der Waals surface area contributed by atoms with Crippen molar-refractivity contribution in [3.05, 3.63) is 108 Å². The lowest BCUT2D eigenvalue weighted by Gasteiger charge is -2.38. The Labute approximate surface area is 610 Å². The van der Waals surface area contributed by atoms with Crippen LogP contribution in [0.1, 0.15) is 86.2 Å². The molecule has 0 aromatic heterocycles. The molecule has 0 radical (unpaired) electrons. The maximum atomic E-state index is 15.0. The second-order valence-electron chi connectivity index (χ2n) is 27.6. The zero-order valence-corrected chi connectivity index (χ0v) is 59.8. The van der Waals surface area contributed by atoms with E-state index in [0.717, 1.165) is 91.4 Å². The Morgan fingerprint density at radius 3 is 1.84 bits per heavy atom. The molecule has 4 aromatic carbocycles. The Kier molecular flexibility index (Phi) is 28.8. The molecule has 0 aliphatic carbocycles. The van der Waals surface area contributed by atoms with Gasteiger partial charge in [0.25, 0.3) is 17.1 Å². The maximum Gasteiger partial charge on any atom is 0.266 e. The van der Waals surface area contributed by atoms with Crippen LogP contribution in [0.3, 0.4) is 0 Å². The number of aromatic hydroxyl groups is 1. The number of unbranched alkanes of at least 4 members (excludes halogenated alkanes) is 1. The minimum atomic E-state index is -4.74. The van der Waals surface area contributed by atoms with E-state index >= 15 is 4.79 Å². The summed E-state index contributed by atoms with van der Waals surface area (Å²) >= 11 is -4.74. The number of aliphatic hydroxyl groups excluding tert-OH is 8. The summed E-state index contributed by atoms with van der Waals surface area (Å²) in [6.07, 6.45) is -9.00. The van der Waals surface area contributed by atoms with E-state index in [1.165, 1.54) is 24.2 Å². The van der Waals surface area contributed by atoms with Crippen LogP contribution in [0, 0.1) is 5.92 Å². The number of rotatable bonds is 25. The summed E-state index contributed by atoms with van der Waals surface area (Å²) in [5.41, 5.74) is 4.40. The van der Waals surface area contributed by atoms with Gasteiger partial charge < -0.3 is 116 Å². The Balaban J connectivity index is 0.904. The number of piperazine rings is 1. The number of piperidine rings is 1. The van der Waals surface area contributed by atoms with Gasteiger partial charge in [-0.15, -0.1) is 0 Å². The molecule has 9 rings (SSSR count). The van der Waals surface area contributed by atoms with Gasteiger partial charge in [0.15, 0.2) is 11.5 Å². The number of phenolic OH excluding ortho intramolecular Hbond substituents is 1. The predicted octanol–water partition coefficient (Wildman–Crippen LogP) is -1.29. The average molecular weight is 1490 g/mol. The summed E-state index contributed by atoms with van der Waals surface area (Å²) in [5.74, 6) is -9.01. The Morgan fingerprint density at radius 1 is 0.657 bits per heavy atom. The van der Waals surface area contributed by atoms with Crippen LogP contribution in [0.5, 0.6) is 17.2 Å². The molecule has 33 nitrogen and oxygen atoms in total. The molecule has 0 spiro atoms. The third-order valence-electron chi connectivity index (χ3n) is 19.9. The molecule has 105 heavy (non-hydrogen) atoms. The van der Waals surface area contributed by atoms with Gasteiger partial charge >= 0.3 is 0 Å². The monoisotopic (exact) mass is 1490 g/mol. The molecule has 0 saturated carbocycles. The molecular formula is C71H101N11O22S. The topological polar surface area (TPSA) is 478 Å². The first-order valence-corrected chi connectivity index (χ1v) is 36.9. The number of nitrogens with one attached hydrogen (secondary N) is 6. The van der Waals surface area contributed by atoms with Gasteiger partial charge in [-0.05, 0) is 135 Å². The Hall–Kier alpha value is -8.20. The van der Waals surface area contributed by atoms with E-state index in [2.05, 4.69) is 99.3 Å². The molecule has 13 atom stereocenters. The first kappa shape index (κ1) is 80.9. The second-order valence-corrected chi connectivity index (χ2v) is 28.7. The number of phenols is 1. The molecule has 5 aliphatic rings. The number of nitrogens with zero attached hydrogens (tertiary/aromatic N) is 5. The number of carbonyl (C=O) groups excluding carboxylic acids is 7. The van der Waals surface area contributed by atoms with Crippen molar-refractivity contribution in [2.75, 3.05) is 114 Å². The molecule has 0 bridgehead atoms. The number of β-amino-alcohol motifs (C(OH)–C–C–N with tert-alkyl or cyclic N) is 1. The van der Waals surface area contributed by atoms with Gasteiger partial charge in [-0.1, -0.05) is 25.1 Å². The largest absolute Gasteiger partial charge is 0.504 e. The molecule has 7 amide bonds. The molecule has 18 N–H and O–H groups in total. The number of methoxy groups -OCH3 is 1. The van der Waals surface area contributed by atoms with E-state index in [0.29, 0.717) is 38.7 Å². The molecule has 5 heterocycles. The van der Waals surface area contributed by atoms with Crippen LogP contribution in [0.25, 0.3) is 0 Å². The van der Waals surface area contributed by atoms with Crippen LogP contribution in [0.4, 0.5) is 17.1 Å². The van der Waals surface area contributed by atoms with Crippen molar-refractivity contribution in [3.63, 3.8) is 0 Å². The molecule has 4 aromatic rings. The molecule has 5 saturated heterocycles. The fourth-order valence-electron chi connectivity index (χ4n) is 13.9. The number of carbonyl (C=O) groups is 7. The summed E-state index contributed by atoms with van der Waals surface area (Å²) in [4.78, 5) is 111. The number of aliphatic hydroxyl groups is 8. The summed E-state index contributed by atoms with van der Waals surface area (Å²) in [6.45, 7) is 5.54. The molecule has 1 unspecified atom stereocenters. The molecule has 578 valence electrons. The SMILES string of the molecule is COCCCCOc1ccc(C2CCN(c3ccc(N4CCN(c5ccc(C(=O)NC6C[C@@H](O)CNC(=O)[C@@H]7[C@@H](O)[C@@H](C)CN7C(=O)[C@H]([C@H](O)CCNC(CO)CO)NC(=O)[C@H]([C@H](O)Cc7ccc(O)c(OS(O)(O)O)c7)NC(=O)[C@@H]7C[C@@H](O)CN7C(=O)[C@H]([C@@H](C)O)NC6=O)cc5)CC4)cc3)CC2)cc1. The van der Waals surface area contributed by atoms with E-state index in [1.54, 1.807) is 31.4 Å². The van der Waals surface area contributed by atoms with Crippen molar-refractivity contribution in [1.29, 1.82) is 0 Å². The van der Waals surface area contributed by atoms with E-state index < -0.39 is 201 Å². The predicted molar refractivity (Wildman–Crippen MR) is 384 cm³/mol. The highest BCUT2D eigenvalue weighted by Gasteiger charge is 2.50. The van der Waals surface area contributed by atoms with Gasteiger partial charge in [0, 0.05) is 120 Å². The number of hydrogen-bond donors (Lipinski definition) is 18. The maximum absolute atomic E-state index is 15.0. The summed E-state index contributed by atoms with van der Waals surface area (Å²) < 4.78 is 44.5. The highest BCUT2D eigenvalue weighted by Crippen LogP contribution is 2.41. The van der Waals surface area contributed by atoms with Crippen molar-refractivity contribution >= 4 is 69.6 Å². The van der Waals surface area contributed by atoms with Gasteiger partial charge in [0.05, 0.1) is 62.5 Å². The van der Waals surface area contributed by atoms with E-state index in [1.807, 2.05) is 0 Å². The average Bonchev–Trinajstić information content (AvgIpc) is 1.68. The third kappa shape index (κ3) is 21.5.